The smallest absolute Gasteiger partial charge is 0.0633 e. The molecular formula is C13H14ClN. The Labute approximate surface area is 95.5 Å². The molecule has 0 aromatic heterocycles. The Balaban J connectivity index is 2.20. The molecule has 2 rings (SSSR count). The SMILES string of the molecule is CCc1ccc(N=C2CCC=C2Cl)cc1. The Bertz CT molecular complexity index is 401. The predicted octanol–water partition coefficient (Wildman–Crippen LogP) is 4.24. The third-order valence-electron chi connectivity index (χ3n) is 2.59. The molecule has 0 bridgehead atoms. The molecule has 0 saturated carbocycles. The summed E-state index contributed by atoms with van der Waals surface area (Å²) in [5.41, 5.74) is 3.35. The topological polar surface area (TPSA) is 12.4 Å². The first-order valence-electron chi connectivity index (χ1n) is 5.32. The zero-order valence-corrected chi connectivity index (χ0v) is 9.59. The molecule has 0 atom stereocenters. The van der Waals surface area contributed by atoms with Gasteiger partial charge in [0.25, 0.3) is 0 Å². The molecule has 0 saturated heterocycles. The van der Waals surface area contributed by atoms with Crippen molar-refractivity contribution in [2.45, 2.75) is 26.2 Å². The molecule has 78 valence electrons. The summed E-state index contributed by atoms with van der Waals surface area (Å²) >= 11 is 6.02. The van der Waals surface area contributed by atoms with E-state index in [-0.39, 0.29) is 0 Å². The molecule has 0 unspecified atom stereocenters. The van der Waals surface area contributed by atoms with Gasteiger partial charge in [-0.3, -0.25) is 4.99 Å². The van der Waals surface area contributed by atoms with Crippen LogP contribution < -0.4 is 0 Å². The molecule has 1 aliphatic rings. The molecule has 0 radical (unpaired) electrons. The molecule has 0 spiro atoms. The van der Waals surface area contributed by atoms with Crippen molar-refractivity contribution in [1.29, 1.82) is 0 Å². The highest BCUT2D eigenvalue weighted by Crippen LogP contribution is 2.23. The molecule has 1 aliphatic carbocycles. The third kappa shape index (κ3) is 2.48. The molecular weight excluding hydrogens is 206 g/mol. The minimum atomic E-state index is 0.814. The maximum Gasteiger partial charge on any atom is 0.0633 e. The van der Waals surface area contributed by atoms with Crippen LogP contribution in [0.3, 0.4) is 0 Å². The summed E-state index contributed by atoms with van der Waals surface area (Å²) in [7, 11) is 0. The van der Waals surface area contributed by atoms with Gasteiger partial charge in [-0.25, -0.2) is 0 Å². The second-order valence-corrected chi connectivity index (χ2v) is 4.08. The molecule has 0 heterocycles. The minimum absolute atomic E-state index is 0.814. The zero-order valence-electron chi connectivity index (χ0n) is 8.83. The number of aryl methyl sites for hydroxylation is 1. The van der Waals surface area contributed by atoms with E-state index in [0.717, 1.165) is 35.7 Å². The van der Waals surface area contributed by atoms with Gasteiger partial charge in [0.2, 0.25) is 0 Å². The number of aliphatic imine (C=N–C) groups is 1. The van der Waals surface area contributed by atoms with E-state index in [1.807, 2.05) is 18.2 Å². The van der Waals surface area contributed by atoms with Crippen molar-refractivity contribution < 1.29 is 0 Å². The van der Waals surface area contributed by atoms with Crippen molar-refractivity contribution in [2.75, 3.05) is 0 Å². The van der Waals surface area contributed by atoms with Crippen molar-refractivity contribution in [1.82, 2.24) is 0 Å². The summed E-state index contributed by atoms with van der Waals surface area (Å²) in [6, 6.07) is 8.33. The molecule has 0 N–H and O–H groups in total. The van der Waals surface area contributed by atoms with Gasteiger partial charge in [-0.05, 0) is 37.0 Å². The minimum Gasteiger partial charge on any atom is -0.252 e. The van der Waals surface area contributed by atoms with E-state index < -0.39 is 0 Å². The van der Waals surface area contributed by atoms with Crippen molar-refractivity contribution in [3.05, 3.63) is 40.9 Å². The lowest BCUT2D eigenvalue weighted by atomic mass is 10.1. The van der Waals surface area contributed by atoms with Gasteiger partial charge < -0.3 is 0 Å². The van der Waals surface area contributed by atoms with E-state index in [1.54, 1.807) is 0 Å². The van der Waals surface area contributed by atoms with Gasteiger partial charge in [-0.1, -0.05) is 36.7 Å². The van der Waals surface area contributed by atoms with E-state index in [2.05, 4.69) is 24.0 Å². The summed E-state index contributed by atoms with van der Waals surface area (Å²) in [6.07, 6.45) is 5.08. The Morgan fingerprint density at radius 3 is 2.53 bits per heavy atom. The highest BCUT2D eigenvalue weighted by Gasteiger charge is 2.10. The van der Waals surface area contributed by atoms with Crippen molar-refractivity contribution in [2.24, 2.45) is 4.99 Å². The van der Waals surface area contributed by atoms with Crippen LogP contribution in [-0.4, -0.2) is 5.71 Å². The van der Waals surface area contributed by atoms with E-state index in [1.165, 1.54) is 5.56 Å². The first kappa shape index (κ1) is 10.4. The lowest BCUT2D eigenvalue weighted by Gasteiger charge is -2.00. The number of benzene rings is 1. The Kier molecular flexibility index (Phi) is 3.22. The maximum absolute atomic E-state index is 6.02. The summed E-state index contributed by atoms with van der Waals surface area (Å²) in [5.74, 6) is 0. The van der Waals surface area contributed by atoms with Gasteiger partial charge in [-0.15, -0.1) is 0 Å². The number of allylic oxidation sites excluding steroid dienone is 2. The summed E-state index contributed by atoms with van der Waals surface area (Å²) in [5, 5.41) is 0.814. The van der Waals surface area contributed by atoms with Crippen LogP contribution in [0.5, 0.6) is 0 Å². The van der Waals surface area contributed by atoms with Crippen molar-refractivity contribution >= 4 is 23.0 Å². The molecule has 1 nitrogen and oxygen atoms in total. The number of hydrogen-bond donors (Lipinski definition) is 0. The number of hydrogen-bond acceptors (Lipinski definition) is 1. The van der Waals surface area contributed by atoms with E-state index in [9.17, 15) is 0 Å². The third-order valence-corrected chi connectivity index (χ3v) is 2.96. The quantitative estimate of drug-likeness (QED) is 0.706. The van der Waals surface area contributed by atoms with Gasteiger partial charge >= 0.3 is 0 Å². The van der Waals surface area contributed by atoms with Crippen LogP contribution in [0.4, 0.5) is 5.69 Å². The fraction of sp³-hybridized carbons (Fsp3) is 0.308. The van der Waals surface area contributed by atoms with Crippen molar-refractivity contribution in [3.8, 4) is 0 Å². The normalized spacial score (nSPS) is 18.3. The standard InChI is InChI=1S/C13H14ClN/c1-2-10-6-8-11(9-7-10)15-13-5-3-4-12(13)14/h4,6-9H,2-3,5H2,1H3. The van der Waals surface area contributed by atoms with E-state index >= 15 is 0 Å². The molecule has 2 heteroatoms. The number of halogens is 1. The van der Waals surface area contributed by atoms with Crippen LogP contribution >= 0.6 is 11.6 Å². The molecule has 0 aliphatic heterocycles. The second kappa shape index (κ2) is 4.63. The maximum atomic E-state index is 6.02. The average molecular weight is 220 g/mol. The Morgan fingerprint density at radius 1 is 1.27 bits per heavy atom. The highest BCUT2D eigenvalue weighted by atomic mass is 35.5. The molecule has 1 aromatic rings. The molecule has 1 aromatic carbocycles. The fourth-order valence-corrected chi connectivity index (χ4v) is 1.89. The first-order chi connectivity index (χ1) is 7.29. The van der Waals surface area contributed by atoms with Crippen LogP contribution in [0.1, 0.15) is 25.3 Å². The first-order valence-corrected chi connectivity index (χ1v) is 5.70. The second-order valence-electron chi connectivity index (χ2n) is 3.67. The van der Waals surface area contributed by atoms with Gasteiger partial charge in [-0.2, -0.15) is 0 Å². The van der Waals surface area contributed by atoms with Gasteiger partial charge in [0, 0.05) is 0 Å². The highest BCUT2D eigenvalue weighted by molar-refractivity contribution is 6.44. The van der Waals surface area contributed by atoms with Gasteiger partial charge in [0.1, 0.15) is 0 Å². The van der Waals surface area contributed by atoms with E-state index in [4.69, 9.17) is 11.6 Å². The Hall–Kier alpha value is -1.08. The van der Waals surface area contributed by atoms with Crippen molar-refractivity contribution in [3.63, 3.8) is 0 Å². The molecule has 0 fully saturated rings. The molecule has 0 amide bonds. The van der Waals surface area contributed by atoms with Crippen LogP contribution in [0, 0.1) is 0 Å². The van der Waals surface area contributed by atoms with Gasteiger partial charge in [0.15, 0.2) is 0 Å². The van der Waals surface area contributed by atoms with Crippen LogP contribution in [0.25, 0.3) is 0 Å². The van der Waals surface area contributed by atoms with Crippen LogP contribution in [0.15, 0.2) is 40.4 Å². The Morgan fingerprint density at radius 2 is 2.00 bits per heavy atom. The predicted molar refractivity (Wildman–Crippen MR) is 66.1 cm³/mol. The van der Waals surface area contributed by atoms with E-state index in [0.29, 0.717) is 0 Å². The van der Waals surface area contributed by atoms with Crippen LogP contribution in [0.2, 0.25) is 0 Å². The summed E-state index contributed by atoms with van der Waals surface area (Å²) in [6.45, 7) is 2.15. The van der Waals surface area contributed by atoms with Gasteiger partial charge in [0.05, 0.1) is 16.4 Å². The summed E-state index contributed by atoms with van der Waals surface area (Å²) < 4.78 is 0. The largest absolute Gasteiger partial charge is 0.252 e. The van der Waals surface area contributed by atoms with Crippen LogP contribution in [-0.2, 0) is 6.42 Å². The zero-order chi connectivity index (χ0) is 10.7. The summed E-state index contributed by atoms with van der Waals surface area (Å²) in [4.78, 5) is 4.53. The average Bonchev–Trinajstić information content (AvgIpc) is 2.66. The fourth-order valence-electron chi connectivity index (χ4n) is 1.64. The molecule has 15 heavy (non-hydrogen) atoms. The lowest BCUT2D eigenvalue weighted by Crippen LogP contribution is -1.90. The number of rotatable bonds is 2. The monoisotopic (exact) mass is 219 g/mol. The lowest BCUT2D eigenvalue weighted by molar-refractivity contribution is 1.13. The number of nitrogens with zero attached hydrogens (tertiary/aromatic N) is 1.